The molecule has 5 heteroatoms. The molecule has 1 saturated heterocycles. The molecule has 0 spiro atoms. The minimum Gasteiger partial charge on any atom is -0.493 e. The molecule has 6 rings (SSSR count). The normalized spacial score (nSPS) is 17.8. The molecule has 1 aliphatic heterocycles. The van der Waals surface area contributed by atoms with Crippen LogP contribution in [0.3, 0.4) is 0 Å². The lowest BCUT2D eigenvalue weighted by molar-refractivity contribution is -0.139. The summed E-state index contributed by atoms with van der Waals surface area (Å²) < 4.78 is 17.4. The van der Waals surface area contributed by atoms with Gasteiger partial charge in [-0.3, -0.25) is 0 Å². The SMILES string of the molecule is CC1(C)OCC(CCOc2ccc(-c3nc4c5ccccc5c5ccccc5c4[nH]3)cc2)O1. The number of ether oxygens (including phenoxy) is 3. The van der Waals surface area contributed by atoms with Gasteiger partial charge >= 0.3 is 0 Å². The number of fused-ring (bicyclic) bond motifs is 6. The quantitative estimate of drug-likeness (QED) is 0.320. The molecule has 166 valence electrons. The van der Waals surface area contributed by atoms with Crippen LogP contribution in [-0.2, 0) is 9.47 Å². The third-order valence-electron chi connectivity index (χ3n) is 6.28. The molecule has 0 bridgehead atoms. The van der Waals surface area contributed by atoms with Crippen molar-refractivity contribution in [2.24, 2.45) is 0 Å². The molecule has 0 aliphatic carbocycles. The van der Waals surface area contributed by atoms with Crippen LogP contribution in [0.4, 0.5) is 0 Å². The molecule has 1 unspecified atom stereocenters. The first-order chi connectivity index (χ1) is 16.1. The number of nitrogens with zero attached hydrogens (tertiary/aromatic N) is 1. The Balaban J connectivity index is 1.26. The molecule has 4 aromatic carbocycles. The van der Waals surface area contributed by atoms with E-state index >= 15 is 0 Å². The maximum atomic E-state index is 5.94. The summed E-state index contributed by atoms with van der Waals surface area (Å²) in [5.74, 6) is 1.20. The summed E-state index contributed by atoms with van der Waals surface area (Å²) in [6.45, 7) is 5.09. The van der Waals surface area contributed by atoms with Crippen LogP contribution in [0.2, 0.25) is 0 Å². The van der Waals surface area contributed by atoms with E-state index in [1.165, 1.54) is 16.2 Å². The molecule has 2 heterocycles. The van der Waals surface area contributed by atoms with Crippen molar-refractivity contribution in [3.05, 3.63) is 72.8 Å². The highest BCUT2D eigenvalue weighted by atomic mass is 16.7. The lowest BCUT2D eigenvalue weighted by atomic mass is 10.0. The Morgan fingerprint density at radius 3 is 2.27 bits per heavy atom. The summed E-state index contributed by atoms with van der Waals surface area (Å²) in [4.78, 5) is 8.56. The molecule has 5 aromatic rings. The third kappa shape index (κ3) is 3.73. The van der Waals surface area contributed by atoms with Gasteiger partial charge in [0.15, 0.2) is 5.79 Å². The van der Waals surface area contributed by atoms with Gasteiger partial charge in [0.25, 0.3) is 0 Å². The van der Waals surface area contributed by atoms with Crippen molar-refractivity contribution in [1.82, 2.24) is 9.97 Å². The number of aromatic nitrogens is 2. The number of hydrogen-bond donors (Lipinski definition) is 1. The van der Waals surface area contributed by atoms with E-state index in [-0.39, 0.29) is 6.10 Å². The van der Waals surface area contributed by atoms with Crippen molar-refractivity contribution in [3.8, 4) is 17.1 Å². The fourth-order valence-corrected chi connectivity index (χ4v) is 4.68. The first kappa shape index (κ1) is 20.2. The first-order valence-electron chi connectivity index (χ1n) is 11.4. The minimum atomic E-state index is -0.491. The Labute approximate surface area is 192 Å². The summed E-state index contributed by atoms with van der Waals surface area (Å²) in [7, 11) is 0. The fraction of sp³-hybridized carbons (Fsp3) is 0.250. The van der Waals surface area contributed by atoms with Crippen LogP contribution in [-0.4, -0.2) is 35.1 Å². The zero-order valence-corrected chi connectivity index (χ0v) is 18.8. The van der Waals surface area contributed by atoms with Crippen LogP contribution in [0.15, 0.2) is 72.8 Å². The molecule has 5 nitrogen and oxygen atoms in total. The largest absolute Gasteiger partial charge is 0.493 e. The number of rotatable bonds is 5. The summed E-state index contributed by atoms with van der Waals surface area (Å²) in [6.07, 6.45) is 0.883. The van der Waals surface area contributed by atoms with E-state index in [2.05, 4.69) is 65.6 Å². The number of imidazole rings is 1. The van der Waals surface area contributed by atoms with Crippen molar-refractivity contribution in [2.75, 3.05) is 13.2 Å². The molecule has 1 N–H and O–H groups in total. The molecule has 1 fully saturated rings. The number of benzene rings is 4. The van der Waals surface area contributed by atoms with E-state index in [1.807, 2.05) is 26.0 Å². The van der Waals surface area contributed by atoms with Gasteiger partial charge in [-0.2, -0.15) is 0 Å². The van der Waals surface area contributed by atoms with E-state index in [1.54, 1.807) is 0 Å². The fourth-order valence-electron chi connectivity index (χ4n) is 4.68. The van der Waals surface area contributed by atoms with Crippen molar-refractivity contribution in [3.63, 3.8) is 0 Å². The topological polar surface area (TPSA) is 56.4 Å². The van der Waals surface area contributed by atoms with Crippen molar-refractivity contribution < 1.29 is 14.2 Å². The highest BCUT2D eigenvalue weighted by Crippen LogP contribution is 2.35. The average Bonchev–Trinajstić information content (AvgIpc) is 3.43. The van der Waals surface area contributed by atoms with E-state index in [0.717, 1.165) is 40.0 Å². The molecule has 1 aromatic heterocycles. The predicted octanol–water partition coefficient (Wildman–Crippen LogP) is 6.46. The van der Waals surface area contributed by atoms with Crippen LogP contribution in [0.25, 0.3) is 44.0 Å². The van der Waals surface area contributed by atoms with Gasteiger partial charge in [0.1, 0.15) is 11.6 Å². The molecule has 0 amide bonds. The van der Waals surface area contributed by atoms with Gasteiger partial charge in [0.2, 0.25) is 0 Å². The Kier molecular flexibility index (Phi) is 4.82. The maximum absolute atomic E-state index is 5.94. The second-order valence-electron chi connectivity index (χ2n) is 9.01. The second-order valence-corrected chi connectivity index (χ2v) is 9.01. The number of aromatic amines is 1. The predicted molar refractivity (Wildman–Crippen MR) is 132 cm³/mol. The molecule has 0 radical (unpaired) electrons. The Bertz CT molecular complexity index is 1380. The highest BCUT2D eigenvalue weighted by Gasteiger charge is 2.32. The van der Waals surface area contributed by atoms with Gasteiger partial charge in [-0.05, 0) is 48.9 Å². The van der Waals surface area contributed by atoms with Crippen LogP contribution in [0, 0.1) is 0 Å². The van der Waals surface area contributed by atoms with Crippen molar-refractivity contribution in [2.45, 2.75) is 32.2 Å². The molecule has 33 heavy (non-hydrogen) atoms. The number of nitrogens with one attached hydrogen (secondary N) is 1. The van der Waals surface area contributed by atoms with Crippen LogP contribution >= 0.6 is 0 Å². The van der Waals surface area contributed by atoms with Gasteiger partial charge in [0, 0.05) is 22.8 Å². The highest BCUT2D eigenvalue weighted by molar-refractivity contribution is 6.23. The molecular formula is C28H26N2O3. The van der Waals surface area contributed by atoms with Crippen LogP contribution in [0.1, 0.15) is 20.3 Å². The van der Waals surface area contributed by atoms with E-state index in [0.29, 0.717) is 13.2 Å². The van der Waals surface area contributed by atoms with Crippen molar-refractivity contribution >= 4 is 32.6 Å². The number of hydrogen-bond acceptors (Lipinski definition) is 4. The van der Waals surface area contributed by atoms with E-state index < -0.39 is 5.79 Å². The van der Waals surface area contributed by atoms with Gasteiger partial charge in [-0.1, -0.05) is 48.5 Å². The van der Waals surface area contributed by atoms with Crippen LogP contribution < -0.4 is 4.74 Å². The maximum Gasteiger partial charge on any atom is 0.163 e. The average molecular weight is 439 g/mol. The lowest BCUT2D eigenvalue weighted by Gasteiger charge is -2.17. The molecule has 1 atom stereocenters. The number of H-pyrrole nitrogens is 1. The zero-order valence-electron chi connectivity index (χ0n) is 18.8. The summed E-state index contributed by atoms with van der Waals surface area (Å²) >= 11 is 0. The monoisotopic (exact) mass is 438 g/mol. The standard InChI is InChI=1S/C28H26N2O3/c1-28(2)32-17-20(33-28)15-16-31-19-13-11-18(12-14-19)27-29-25-23-9-5-3-7-21(23)22-8-4-6-10-24(22)26(25)30-27/h3-14,20H,15-17H2,1-2H3,(H,29,30). The lowest BCUT2D eigenvalue weighted by Crippen LogP contribution is -2.22. The summed E-state index contributed by atoms with van der Waals surface area (Å²) in [5.41, 5.74) is 3.10. The Hall–Kier alpha value is -3.41. The minimum absolute atomic E-state index is 0.0828. The van der Waals surface area contributed by atoms with Gasteiger partial charge in [0.05, 0.1) is 30.4 Å². The van der Waals surface area contributed by atoms with Gasteiger partial charge in [-0.25, -0.2) is 4.98 Å². The molecular weight excluding hydrogens is 412 g/mol. The Morgan fingerprint density at radius 1 is 0.909 bits per heavy atom. The molecule has 1 aliphatic rings. The second kappa shape index (κ2) is 7.87. The third-order valence-corrected chi connectivity index (χ3v) is 6.28. The van der Waals surface area contributed by atoms with E-state index in [4.69, 9.17) is 19.2 Å². The summed E-state index contributed by atoms with van der Waals surface area (Å²) in [5, 5.41) is 4.81. The van der Waals surface area contributed by atoms with E-state index in [9.17, 15) is 0 Å². The zero-order chi connectivity index (χ0) is 22.4. The first-order valence-corrected chi connectivity index (χ1v) is 11.4. The molecule has 0 saturated carbocycles. The smallest absolute Gasteiger partial charge is 0.163 e. The summed E-state index contributed by atoms with van der Waals surface area (Å²) in [6, 6.07) is 25.1. The van der Waals surface area contributed by atoms with Crippen LogP contribution in [0.5, 0.6) is 5.75 Å². The van der Waals surface area contributed by atoms with Crippen molar-refractivity contribution in [1.29, 1.82) is 0 Å². The Morgan fingerprint density at radius 2 is 1.58 bits per heavy atom. The van der Waals surface area contributed by atoms with Gasteiger partial charge < -0.3 is 19.2 Å². The van der Waals surface area contributed by atoms with Gasteiger partial charge in [-0.15, -0.1) is 0 Å².